The van der Waals surface area contributed by atoms with Crippen LogP contribution in [0.3, 0.4) is 0 Å². The highest BCUT2D eigenvalue weighted by molar-refractivity contribution is 7.89. The first-order chi connectivity index (χ1) is 10.5. The molecule has 0 aliphatic carbocycles. The summed E-state index contributed by atoms with van der Waals surface area (Å²) in [7, 11) is -3.50. The maximum Gasteiger partial charge on any atom is 0.243 e. The van der Waals surface area contributed by atoms with Crippen LogP contribution < -0.4 is 0 Å². The van der Waals surface area contributed by atoms with Gasteiger partial charge in [0.25, 0.3) is 0 Å². The molecule has 1 aromatic heterocycles. The van der Waals surface area contributed by atoms with Crippen LogP contribution in [0.5, 0.6) is 0 Å². The zero-order chi connectivity index (χ0) is 15.7. The summed E-state index contributed by atoms with van der Waals surface area (Å²) in [6.45, 7) is 4.31. The van der Waals surface area contributed by atoms with Gasteiger partial charge in [-0.2, -0.15) is 4.31 Å². The minimum absolute atomic E-state index is 0.161. The van der Waals surface area contributed by atoms with Gasteiger partial charge in [-0.15, -0.1) is 0 Å². The Hall–Kier alpha value is -1.72. The summed E-state index contributed by atoms with van der Waals surface area (Å²) in [5.74, 6) is 0. The van der Waals surface area contributed by atoms with Crippen LogP contribution in [0.2, 0.25) is 0 Å². The minimum Gasteiger partial charge on any atom is -0.260 e. The number of nitrogens with zero attached hydrogens (tertiary/aromatic N) is 2. The van der Waals surface area contributed by atoms with Crippen LogP contribution in [-0.2, 0) is 10.0 Å². The SMILES string of the molecule is Cc1ccc(C)c(S(=O)(=O)N2CCCC2c2ccccn2)c1. The van der Waals surface area contributed by atoms with Gasteiger partial charge < -0.3 is 0 Å². The first kappa shape index (κ1) is 15.2. The zero-order valence-electron chi connectivity index (χ0n) is 12.9. The molecular weight excluding hydrogens is 296 g/mol. The predicted molar refractivity (Wildman–Crippen MR) is 86.0 cm³/mol. The summed E-state index contributed by atoms with van der Waals surface area (Å²) in [5, 5.41) is 0. The number of benzene rings is 1. The number of aromatic nitrogens is 1. The number of aryl methyl sites for hydroxylation is 2. The maximum atomic E-state index is 13.1. The Kier molecular flexibility index (Phi) is 4.02. The third-order valence-corrected chi connectivity index (χ3v) is 6.21. The van der Waals surface area contributed by atoms with Crippen molar-refractivity contribution in [2.24, 2.45) is 0 Å². The lowest BCUT2D eigenvalue weighted by molar-refractivity contribution is 0.390. The molecule has 1 aliphatic rings. The van der Waals surface area contributed by atoms with Gasteiger partial charge in [-0.25, -0.2) is 8.42 Å². The minimum atomic E-state index is -3.50. The standard InChI is InChI=1S/C17H20N2O2S/c1-13-8-9-14(2)17(12-13)22(20,21)19-11-5-7-16(19)15-6-3-4-10-18-15/h3-4,6,8-10,12,16H,5,7,11H2,1-2H3. The summed E-state index contributed by atoms with van der Waals surface area (Å²) < 4.78 is 27.8. The van der Waals surface area contributed by atoms with E-state index in [1.807, 2.05) is 44.2 Å². The van der Waals surface area contributed by atoms with Crippen LogP contribution in [0.1, 0.15) is 35.7 Å². The predicted octanol–water partition coefficient (Wildman–Crippen LogP) is 3.22. The number of pyridine rings is 1. The number of hydrogen-bond donors (Lipinski definition) is 0. The molecule has 4 nitrogen and oxygen atoms in total. The second-order valence-electron chi connectivity index (χ2n) is 5.80. The van der Waals surface area contributed by atoms with E-state index in [0.717, 1.165) is 29.7 Å². The van der Waals surface area contributed by atoms with Gasteiger partial charge in [0.05, 0.1) is 16.6 Å². The van der Waals surface area contributed by atoms with Crippen molar-refractivity contribution in [3.63, 3.8) is 0 Å². The van der Waals surface area contributed by atoms with Crippen molar-refractivity contribution in [1.29, 1.82) is 0 Å². The van der Waals surface area contributed by atoms with Crippen LogP contribution in [0.15, 0.2) is 47.5 Å². The Morgan fingerprint density at radius 3 is 2.73 bits per heavy atom. The van der Waals surface area contributed by atoms with Crippen molar-refractivity contribution in [1.82, 2.24) is 9.29 Å². The van der Waals surface area contributed by atoms with Crippen molar-refractivity contribution in [3.05, 3.63) is 59.4 Å². The molecule has 1 fully saturated rings. The fourth-order valence-corrected chi connectivity index (χ4v) is 4.99. The molecule has 0 saturated carbocycles. The van der Waals surface area contributed by atoms with Crippen LogP contribution >= 0.6 is 0 Å². The molecule has 1 saturated heterocycles. The van der Waals surface area contributed by atoms with Gasteiger partial charge in [-0.1, -0.05) is 18.2 Å². The topological polar surface area (TPSA) is 50.3 Å². The van der Waals surface area contributed by atoms with E-state index in [0.29, 0.717) is 11.4 Å². The molecule has 0 bridgehead atoms. The van der Waals surface area contributed by atoms with Crippen molar-refractivity contribution in [2.75, 3.05) is 6.54 Å². The second-order valence-corrected chi connectivity index (χ2v) is 7.66. The summed E-state index contributed by atoms with van der Waals surface area (Å²) in [6, 6.07) is 11.1. The van der Waals surface area contributed by atoms with Crippen molar-refractivity contribution >= 4 is 10.0 Å². The third-order valence-electron chi connectivity index (χ3n) is 4.16. The Morgan fingerprint density at radius 2 is 2.00 bits per heavy atom. The van der Waals surface area contributed by atoms with Crippen LogP contribution in [0.25, 0.3) is 0 Å². The fraction of sp³-hybridized carbons (Fsp3) is 0.353. The summed E-state index contributed by atoms with van der Waals surface area (Å²) in [4.78, 5) is 4.76. The molecule has 0 amide bonds. The number of sulfonamides is 1. The van der Waals surface area contributed by atoms with Crippen molar-refractivity contribution < 1.29 is 8.42 Å². The van der Waals surface area contributed by atoms with E-state index in [9.17, 15) is 8.42 Å². The van der Waals surface area contributed by atoms with Gasteiger partial charge in [-0.3, -0.25) is 4.98 Å². The average Bonchev–Trinajstić information content (AvgIpc) is 3.01. The highest BCUT2D eigenvalue weighted by Gasteiger charge is 2.37. The van der Waals surface area contributed by atoms with Gasteiger partial charge in [0.15, 0.2) is 0 Å². The average molecular weight is 316 g/mol. The summed E-state index contributed by atoms with van der Waals surface area (Å²) >= 11 is 0. The van der Waals surface area contributed by atoms with E-state index < -0.39 is 10.0 Å². The largest absolute Gasteiger partial charge is 0.260 e. The maximum absolute atomic E-state index is 13.1. The molecule has 1 aromatic carbocycles. The molecule has 1 aliphatic heterocycles. The quantitative estimate of drug-likeness (QED) is 0.873. The third kappa shape index (κ3) is 2.66. The van der Waals surface area contributed by atoms with E-state index in [4.69, 9.17) is 0 Å². The monoisotopic (exact) mass is 316 g/mol. The van der Waals surface area contributed by atoms with Gasteiger partial charge in [0.2, 0.25) is 10.0 Å². The molecule has 1 atom stereocenters. The first-order valence-electron chi connectivity index (χ1n) is 7.50. The zero-order valence-corrected chi connectivity index (χ0v) is 13.7. The van der Waals surface area contributed by atoms with E-state index in [-0.39, 0.29) is 6.04 Å². The Labute approximate surface area is 131 Å². The van der Waals surface area contributed by atoms with Gasteiger partial charge in [0.1, 0.15) is 0 Å². The Bertz CT molecular complexity index is 773. The molecule has 2 aromatic rings. The Morgan fingerprint density at radius 1 is 1.18 bits per heavy atom. The van der Waals surface area contributed by atoms with Gasteiger partial charge in [0, 0.05) is 12.7 Å². The molecule has 116 valence electrons. The first-order valence-corrected chi connectivity index (χ1v) is 8.94. The summed E-state index contributed by atoms with van der Waals surface area (Å²) in [5.41, 5.74) is 2.57. The van der Waals surface area contributed by atoms with Crippen LogP contribution in [0, 0.1) is 13.8 Å². The lowest BCUT2D eigenvalue weighted by Gasteiger charge is -2.24. The van der Waals surface area contributed by atoms with E-state index >= 15 is 0 Å². The number of hydrogen-bond acceptors (Lipinski definition) is 3. The normalized spacial score (nSPS) is 19.5. The molecule has 2 heterocycles. The van der Waals surface area contributed by atoms with Crippen molar-refractivity contribution in [3.8, 4) is 0 Å². The van der Waals surface area contributed by atoms with Crippen LogP contribution in [-0.4, -0.2) is 24.3 Å². The van der Waals surface area contributed by atoms with Crippen molar-refractivity contribution in [2.45, 2.75) is 37.6 Å². The number of rotatable bonds is 3. The fourth-order valence-electron chi connectivity index (χ4n) is 3.01. The lowest BCUT2D eigenvalue weighted by Crippen LogP contribution is -2.31. The molecule has 3 rings (SSSR count). The van der Waals surface area contributed by atoms with E-state index in [2.05, 4.69) is 4.98 Å². The smallest absolute Gasteiger partial charge is 0.243 e. The molecular formula is C17H20N2O2S. The van der Waals surface area contributed by atoms with Crippen LogP contribution in [0.4, 0.5) is 0 Å². The highest BCUT2D eigenvalue weighted by atomic mass is 32.2. The van der Waals surface area contributed by atoms with Gasteiger partial charge >= 0.3 is 0 Å². The summed E-state index contributed by atoms with van der Waals surface area (Å²) in [6.07, 6.45) is 3.41. The molecule has 0 radical (unpaired) electrons. The lowest BCUT2D eigenvalue weighted by atomic mass is 10.1. The molecule has 1 unspecified atom stereocenters. The van der Waals surface area contributed by atoms with E-state index in [1.54, 1.807) is 16.6 Å². The molecule has 22 heavy (non-hydrogen) atoms. The molecule has 0 N–H and O–H groups in total. The molecule has 0 spiro atoms. The molecule has 5 heteroatoms. The van der Waals surface area contributed by atoms with Gasteiger partial charge in [-0.05, 0) is 56.0 Å². The second kappa shape index (κ2) is 5.82. The Balaban J connectivity index is 2.03. The highest BCUT2D eigenvalue weighted by Crippen LogP contribution is 2.36. The van der Waals surface area contributed by atoms with E-state index in [1.165, 1.54) is 0 Å².